The molecule has 5 nitrogen and oxygen atoms in total. The molecular formula is C24H25N3O2S. The zero-order valence-corrected chi connectivity index (χ0v) is 18.0. The summed E-state index contributed by atoms with van der Waals surface area (Å²) >= 11 is 1.50. The molecule has 2 aromatic carbocycles. The molecule has 0 unspecified atom stereocenters. The predicted molar refractivity (Wildman–Crippen MR) is 119 cm³/mol. The number of hydrogen-bond donors (Lipinski definition) is 0. The van der Waals surface area contributed by atoms with E-state index in [1.807, 2.05) is 42.2 Å². The Kier molecular flexibility index (Phi) is 5.27. The Morgan fingerprint density at radius 2 is 1.90 bits per heavy atom. The number of amides is 1. The molecule has 1 fully saturated rings. The predicted octanol–water partition coefficient (Wildman–Crippen LogP) is 4.01. The van der Waals surface area contributed by atoms with Crippen molar-refractivity contribution >= 4 is 17.2 Å². The highest BCUT2D eigenvalue weighted by Crippen LogP contribution is 2.29. The van der Waals surface area contributed by atoms with Gasteiger partial charge in [0.15, 0.2) is 0 Å². The number of thiazole rings is 1. The van der Waals surface area contributed by atoms with Crippen LogP contribution in [-0.4, -0.2) is 53.5 Å². The van der Waals surface area contributed by atoms with Crippen molar-refractivity contribution in [2.45, 2.75) is 19.9 Å². The van der Waals surface area contributed by atoms with Crippen molar-refractivity contribution < 1.29 is 9.53 Å². The SMILES string of the molecule is Cc1nc(-c2ccccc2)sc1C(=O)N1CCN(Cc2ccc3c(c2)CCO3)CC1. The first kappa shape index (κ1) is 19.3. The second-order valence-electron chi connectivity index (χ2n) is 7.91. The molecule has 3 heterocycles. The minimum atomic E-state index is 0.113. The van der Waals surface area contributed by atoms with Crippen LogP contribution >= 0.6 is 11.3 Å². The highest BCUT2D eigenvalue weighted by molar-refractivity contribution is 7.17. The van der Waals surface area contributed by atoms with Gasteiger partial charge in [0.05, 0.1) is 12.3 Å². The lowest BCUT2D eigenvalue weighted by Crippen LogP contribution is -2.48. The maximum Gasteiger partial charge on any atom is 0.265 e. The Morgan fingerprint density at radius 1 is 1.10 bits per heavy atom. The summed E-state index contributed by atoms with van der Waals surface area (Å²) in [5.74, 6) is 1.14. The van der Waals surface area contributed by atoms with Crippen LogP contribution in [0.5, 0.6) is 5.75 Å². The summed E-state index contributed by atoms with van der Waals surface area (Å²) in [5, 5.41) is 0.913. The minimum Gasteiger partial charge on any atom is -0.493 e. The molecule has 3 aromatic rings. The van der Waals surface area contributed by atoms with Gasteiger partial charge < -0.3 is 9.64 Å². The summed E-state index contributed by atoms with van der Waals surface area (Å²) in [6.07, 6.45) is 1.00. The first-order valence-corrected chi connectivity index (χ1v) is 11.3. The van der Waals surface area contributed by atoms with Crippen LogP contribution in [0.15, 0.2) is 48.5 Å². The third kappa shape index (κ3) is 3.85. The molecule has 0 N–H and O–H groups in total. The second-order valence-corrected chi connectivity index (χ2v) is 8.91. The van der Waals surface area contributed by atoms with E-state index in [0.29, 0.717) is 0 Å². The number of benzene rings is 2. The molecule has 0 radical (unpaired) electrons. The summed E-state index contributed by atoms with van der Waals surface area (Å²) in [6, 6.07) is 16.6. The molecule has 2 aliphatic rings. The molecule has 0 aliphatic carbocycles. The lowest BCUT2D eigenvalue weighted by atomic mass is 10.1. The third-order valence-corrected chi connectivity index (χ3v) is 7.03. The molecule has 1 saturated heterocycles. The average molecular weight is 420 g/mol. The molecule has 0 atom stereocenters. The van der Waals surface area contributed by atoms with E-state index in [-0.39, 0.29) is 5.91 Å². The van der Waals surface area contributed by atoms with E-state index in [4.69, 9.17) is 4.74 Å². The van der Waals surface area contributed by atoms with Gasteiger partial charge in [0, 0.05) is 44.7 Å². The van der Waals surface area contributed by atoms with Crippen molar-refractivity contribution in [2.75, 3.05) is 32.8 Å². The van der Waals surface area contributed by atoms with E-state index >= 15 is 0 Å². The van der Waals surface area contributed by atoms with Gasteiger partial charge in [-0.2, -0.15) is 0 Å². The molecule has 5 rings (SSSR count). The first-order chi connectivity index (χ1) is 14.7. The van der Waals surface area contributed by atoms with Crippen LogP contribution in [0.3, 0.4) is 0 Å². The molecule has 0 bridgehead atoms. The highest BCUT2D eigenvalue weighted by atomic mass is 32.1. The second kappa shape index (κ2) is 8.20. The minimum absolute atomic E-state index is 0.113. The average Bonchev–Trinajstić information content (AvgIpc) is 3.40. The highest BCUT2D eigenvalue weighted by Gasteiger charge is 2.26. The van der Waals surface area contributed by atoms with E-state index in [2.05, 4.69) is 28.1 Å². The molecule has 0 spiro atoms. The van der Waals surface area contributed by atoms with Gasteiger partial charge in [-0.05, 0) is 24.1 Å². The monoisotopic (exact) mass is 419 g/mol. The van der Waals surface area contributed by atoms with Crippen molar-refractivity contribution in [3.8, 4) is 16.3 Å². The largest absolute Gasteiger partial charge is 0.493 e. The maximum absolute atomic E-state index is 13.1. The molecule has 2 aliphatic heterocycles. The van der Waals surface area contributed by atoms with Gasteiger partial charge in [-0.1, -0.05) is 42.5 Å². The Balaban J connectivity index is 1.21. The van der Waals surface area contributed by atoms with Gasteiger partial charge in [-0.15, -0.1) is 11.3 Å². The number of ether oxygens (including phenoxy) is 1. The normalized spacial score (nSPS) is 16.4. The van der Waals surface area contributed by atoms with E-state index in [0.717, 1.165) is 72.6 Å². The van der Waals surface area contributed by atoms with Crippen molar-refractivity contribution in [1.82, 2.24) is 14.8 Å². The first-order valence-electron chi connectivity index (χ1n) is 10.5. The fourth-order valence-electron chi connectivity index (χ4n) is 4.15. The van der Waals surface area contributed by atoms with E-state index in [1.165, 1.54) is 22.5 Å². The Labute approximate surface area is 180 Å². The summed E-state index contributed by atoms with van der Waals surface area (Å²) in [7, 11) is 0. The van der Waals surface area contributed by atoms with Gasteiger partial charge in [0.2, 0.25) is 0 Å². The number of aromatic nitrogens is 1. The van der Waals surface area contributed by atoms with E-state index in [9.17, 15) is 4.79 Å². The van der Waals surface area contributed by atoms with Crippen LogP contribution in [0.1, 0.15) is 26.5 Å². The van der Waals surface area contributed by atoms with Crippen LogP contribution < -0.4 is 4.74 Å². The standard InChI is InChI=1S/C24H25N3O2S/c1-17-22(30-23(25-17)19-5-3-2-4-6-19)24(28)27-12-10-26(11-13-27)16-18-7-8-21-20(15-18)9-14-29-21/h2-8,15H,9-14,16H2,1H3. The zero-order valence-electron chi connectivity index (χ0n) is 17.1. The van der Waals surface area contributed by atoms with Crippen molar-refractivity contribution in [2.24, 2.45) is 0 Å². The molecule has 1 aromatic heterocycles. The lowest BCUT2D eigenvalue weighted by molar-refractivity contribution is 0.0632. The van der Waals surface area contributed by atoms with Gasteiger partial charge >= 0.3 is 0 Å². The van der Waals surface area contributed by atoms with Crippen LogP contribution in [0.4, 0.5) is 0 Å². The third-order valence-electron chi connectivity index (χ3n) is 5.83. The number of nitrogens with zero attached hydrogens (tertiary/aromatic N) is 3. The van der Waals surface area contributed by atoms with Crippen molar-refractivity contribution in [3.05, 3.63) is 70.2 Å². The number of fused-ring (bicyclic) bond motifs is 1. The van der Waals surface area contributed by atoms with E-state index < -0.39 is 0 Å². The summed E-state index contributed by atoms with van der Waals surface area (Å²) in [5.41, 5.74) is 4.53. The Morgan fingerprint density at radius 3 is 2.70 bits per heavy atom. The topological polar surface area (TPSA) is 45.7 Å². The maximum atomic E-state index is 13.1. The lowest BCUT2D eigenvalue weighted by Gasteiger charge is -2.34. The number of hydrogen-bond acceptors (Lipinski definition) is 5. The fourth-order valence-corrected chi connectivity index (χ4v) is 5.19. The van der Waals surface area contributed by atoms with Crippen molar-refractivity contribution in [1.29, 1.82) is 0 Å². The molecule has 154 valence electrons. The quantitative estimate of drug-likeness (QED) is 0.641. The molecule has 0 saturated carbocycles. The number of aryl methyl sites for hydroxylation is 1. The number of piperazine rings is 1. The zero-order chi connectivity index (χ0) is 20.5. The molecular weight excluding hydrogens is 394 g/mol. The fraction of sp³-hybridized carbons (Fsp3) is 0.333. The Bertz CT molecular complexity index is 1060. The summed E-state index contributed by atoms with van der Waals surface area (Å²) in [6.45, 7) is 6.95. The van der Waals surface area contributed by atoms with Crippen LogP contribution in [-0.2, 0) is 13.0 Å². The molecule has 1 amide bonds. The number of carbonyl (C=O) groups excluding carboxylic acids is 1. The van der Waals surface area contributed by atoms with Crippen LogP contribution in [0.25, 0.3) is 10.6 Å². The van der Waals surface area contributed by atoms with Crippen LogP contribution in [0.2, 0.25) is 0 Å². The summed E-state index contributed by atoms with van der Waals surface area (Å²) < 4.78 is 5.60. The number of rotatable bonds is 4. The van der Waals surface area contributed by atoms with E-state index in [1.54, 1.807) is 0 Å². The van der Waals surface area contributed by atoms with Gasteiger partial charge in [-0.25, -0.2) is 4.98 Å². The van der Waals surface area contributed by atoms with Crippen LogP contribution in [0, 0.1) is 6.92 Å². The molecule has 30 heavy (non-hydrogen) atoms. The van der Waals surface area contributed by atoms with Gasteiger partial charge in [-0.3, -0.25) is 9.69 Å². The van der Waals surface area contributed by atoms with Gasteiger partial charge in [0.25, 0.3) is 5.91 Å². The summed E-state index contributed by atoms with van der Waals surface area (Å²) in [4.78, 5) is 22.9. The van der Waals surface area contributed by atoms with Gasteiger partial charge in [0.1, 0.15) is 15.6 Å². The smallest absolute Gasteiger partial charge is 0.265 e. The number of carbonyl (C=O) groups is 1. The van der Waals surface area contributed by atoms with Crippen molar-refractivity contribution in [3.63, 3.8) is 0 Å². The molecule has 6 heteroatoms. The Hall–Kier alpha value is -2.70.